The predicted octanol–water partition coefficient (Wildman–Crippen LogP) is 2.70. The van der Waals surface area contributed by atoms with Gasteiger partial charge in [0.25, 0.3) is 5.91 Å². The fraction of sp³-hybridized carbons (Fsp3) is 0.143. The molecule has 2 aromatic carbocycles. The molecule has 0 saturated heterocycles. The Hall–Kier alpha value is -3.82. The van der Waals surface area contributed by atoms with E-state index in [0.717, 1.165) is 30.3 Å². The number of halogens is 3. The summed E-state index contributed by atoms with van der Waals surface area (Å²) in [7, 11) is -2.68. The number of ether oxygens (including phenoxy) is 2. The molecular weight excluding hydrogens is 463 g/mol. The number of methoxy groups -OCH3 is 1. The van der Waals surface area contributed by atoms with Crippen LogP contribution < -0.4 is 19.6 Å². The highest BCUT2D eigenvalue weighted by molar-refractivity contribution is 7.89. The molecule has 172 valence electrons. The van der Waals surface area contributed by atoms with E-state index in [9.17, 15) is 26.4 Å². The third-order valence-electron chi connectivity index (χ3n) is 4.37. The van der Waals surface area contributed by atoms with Gasteiger partial charge in [0.05, 0.1) is 23.3 Å². The number of hydrogen-bond donors (Lipinski definition) is 1. The third kappa shape index (κ3) is 5.16. The average Bonchev–Trinajstić information content (AvgIpc) is 3.08. The largest absolute Gasteiger partial charge is 0.493 e. The standard InChI is InChI=1S/C21H16F3N3O5S/c1-3-10-32-17-9-4-13(12-18(17)31-2)11-16-19(21(22,23)24)26-27(20(16)28)14-5-7-15(8-6-14)33(25,29)30/h1,4-9,11-12H,10H2,2H3,(H2,25,29,30)/b16-11+. The topological polar surface area (TPSA) is 111 Å². The lowest BCUT2D eigenvalue weighted by atomic mass is 10.1. The Morgan fingerprint density at radius 2 is 1.85 bits per heavy atom. The maximum Gasteiger partial charge on any atom is 0.435 e. The summed E-state index contributed by atoms with van der Waals surface area (Å²) < 4.78 is 74.1. The molecule has 3 rings (SSSR count). The van der Waals surface area contributed by atoms with Crippen molar-refractivity contribution in [3.05, 3.63) is 53.6 Å². The predicted molar refractivity (Wildman–Crippen MR) is 114 cm³/mol. The summed E-state index contributed by atoms with van der Waals surface area (Å²) in [4.78, 5) is 12.6. The highest BCUT2D eigenvalue weighted by Crippen LogP contribution is 2.34. The summed E-state index contributed by atoms with van der Waals surface area (Å²) >= 11 is 0. The number of anilines is 1. The van der Waals surface area contributed by atoms with Crippen molar-refractivity contribution in [2.45, 2.75) is 11.1 Å². The molecule has 12 heteroatoms. The van der Waals surface area contributed by atoms with E-state index in [1.54, 1.807) is 0 Å². The molecule has 0 bridgehead atoms. The van der Waals surface area contributed by atoms with Crippen LogP contribution in [-0.4, -0.2) is 39.9 Å². The first kappa shape index (κ1) is 23.8. The van der Waals surface area contributed by atoms with Crippen molar-refractivity contribution in [1.82, 2.24) is 0 Å². The van der Waals surface area contributed by atoms with Gasteiger partial charge in [0.2, 0.25) is 10.0 Å². The summed E-state index contributed by atoms with van der Waals surface area (Å²) in [5.41, 5.74) is -1.98. The van der Waals surface area contributed by atoms with E-state index in [-0.39, 0.29) is 34.3 Å². The number of amides is 1. The first-order chi connectivity index (χ1) is 15.5. The van der Waals surface area contributed by atoms with Crippen molar-refractivity contribution in [3.8, 4) is 23.8 Å². The van der Waals surface area contributed by atoms with E-state index in [1.807, 2.05) is 0 Å². The van der Waals surface area contributed by atoms with Crippen LogP contribution in [0.25, 0.3) is 6.08 Å². The fourth-order valence-corrected chi connectivity index (χ4v) is 3.40. The minimum atomic E-state index is -4.93. The van der Waals surface area contributed by atoms with Gasteiger partial charge in [-0.3, -0.25) is 4.79 Å². The number of primary sulfonamides is 1. The van der Waals surface area contributed by atoms with E-state index in [0.29, 0.717) is 5.01 Å². The lowest BCUT2D eigenvalue weighted by Crippen LogP contribution is -2.25. The molecule has 0 unspecified atom stereocenters. The Labute approximate surface area is 187 Å². The van der Waals surface area contributed by atoms with Gasteiger partial charge in [-0.25, -0.2) is 13.6 Å². The van der Waals surface area contributed by atoms with E-state index < -0.39 is 33.4 Å². The number of nitrogens with two attached hydrogens (primary N) is 1. The molecule has 0 aromatic heterocycles. The van der Waals surface area contributed by atoms with Crippen molar-refractivity contribution in [2.75, 3.05) is 18.7 Å². The van der Waals surface area contributed by atoms with E-state index in [2.05, 4.69) is 11.0 Å². The van der Waals surface area contributed by atoms with Crippen LogP contribution in [0.15, 0.2) is 58.0 Å². The summed E-state index contributed by atoms with van der Waals surface area (Å²) in [6, 6.07) is 8.61. The van der Waals surface area contributed by atoms with Gasteiger partial charge in [0.1, 0.15) is 6.61 Å². The Balaban J connectivity index is 2.02. The molecule has 1 heterocycles. The minimum Gasteiger partial charge on any atom is -0.493 e. The quantitative estimate of drug-likeness (QED) is 0.506. The molecule has 1 aliphatic heterocycles. The van der Waals surface area contributed by atoms with Crippen molar-refractivity contribution in [2.24, 2.45) is 10.2 Å². The van der Waals surface area contributed by atoms with Gasteiger partial charge >= 0.3 is 6.18 Å². The molecule has 0 fully saturated rings. The third-order valence-corrected chi connectivity index (χ3v) is 5.30. The fourth-order valence-electron chi connectivity index (χ4n) is 2.89. The number of hydrazone groups is 1. The van der Waals surface area contributed by atoms with Crippen LogP contribution in [0.2, 0.25) is 0 Å². The minimum absolute atomic E-state index is 0.0423. The molecule has 0 atom stereocenters. The second kappa shape index (κ2) is 8.97. The highest BCUT2D eigenvalue weighted by Gasteiger charge is 2.46. The Kier molecular flexibility index (Phi) is 6.48. The first-order valence-electron chi connectivity index (χ1n) is 9.05. The van der Waals surface area contributed by atoms with Crippen molar-refractivity contribution in [3.63, 3.8) is 0 Å². The van der Waals surface area contributed by atoms with Crippen LogP contribution in [-0.2, 0) is 14.8 Å². The van der Waals surface area contributed by atoms with E-state index in [4.69, 9.17) is 21.0 Å². The number of nitrogens with zero attached hydrogens (tertiary/aromatic N) is 2. The molecule has 0 saturated carbocycles. The number of carbonyl (C=O) groups is 1. The lowest BCUT2D eigenvalue weighted by Gasteiger charge is -2.12. The van der Waals surface area contributed by atoms with Gasteiger partial charge in [0, 0.05) is 0 Å². The van der Waals surface area contributed by atoms with Crippen LogP contribution >= 0.6 is 0 Å². The van der Waals surface area contributed by atoms with Crippen LogP contribution in [0.1, 0.15) is 5.56 Å². The number of hydrogen-bond acceptors (Lipinski definition) is 6. The number of rotatable bonds is 6. The van der Waals surface area contributed by atoms with Crippen LogP contribution in [0.3, 0.4) is 0 Å². The zero-order chi connectivity index (χ0) is 24.4. The number of alkyl halides is 3. The zero-order valence-electron chi connectivity index (χ0n) is 17.0. The van der Waals surface area contributed by atoms with Gasteiger partial charge in [-0.05, 0) is 48.0 Å². The monoisotopic (exact) mass is 479 g/mol. The Morgan fingerprint density at radius 1 is 1.18 bits per heavy atom. The molecule has 2 aromatic rings. The normalized spacial score (nSPS) is 15.4. The van der Waals surface area contributed by atoms with Crippen LogP contribution in [0, 0.1) is 12.3 Å². The molecule has 33 heavy (non-hydrogen) atoms. The van der Waals surface area contributed by atoms with Crippen molar-refractivity contribution in [1.29, 1.82) is 0 Å². The number of carbonyl (C=O) groups excluding carboxylic acids is 1. The molecule has 8 nitrogen and oxygen atoms in total. The van der Waals surface area contributed by atoms with E-state index >= 15 is 0 Å². The molecule has 0 aliphatic carbocycles. The maximum atomic E-state index is 13.6. The molecule has 0 radical (unpaired) electrons. The number of sulfonamides is 1. The summed E-state index contributed by atoms with van der Waals surface area (Å²) in [5, 5.41) is 8.97. The van der Waals surface area contributed by atoms with Gasteiger partial charge in [-0.15, -0.1) is 6.42 Å². The first-order valence-corrected chi connectivity index (χ1v) is 10.6. The van der Waals surface area contributed by atoms with Crippen molar-refractivity contribution < 1.29 is 35.9 Å². The summed E-state index contributed by atoms with van der Waals surface area (Å²) in [6.07, 6.45) is 1.23. The molecule has 0 spiro atoms. The summed E-state index contributed by atoms with van der Waals surface area (Å²) in [6.45, 7) is -0.0423. The summed E-state index contributed by atoms with van der Waals surface area (Å²) in [5.74, 6) is 1.70. The van der Waals surface area contributed by atoms with E-state index in [1.165, 1.54) is 25.3 Å². The van der Waals surface area contributed by atoms with Gasteiger partial charge in [0.15, 0.2) is 17.2 Å². The van der Waals surface area contributed by atoms with Crippen molar-refractivity contribution >= 4 is 33.4 Å². The molecule has 2 N–H and O–H groups in total. The van der Waals surface area contributed by atoms with Crippen LogP contribution in [0.5, 0.6) is 11.5 Å². The Morgan fingerprint density at radius 3 is 2.39 bits per heavy atom. The smallest absolute Gasteiger partial charge is 0.435 e. The second-order valence-electron chi connectivity index (χ2n) is 6.56. The number of terminal acetylenes is 1. The van der Waals surface area contributed by atoms with Gasteiger partial charge in [-0.1, -0.05) is 12.0 Å². The SMILES string of the molecule is C#CCOc1ccc(/C=C2/C(=O)N(c3ccc(S(N)(=O)=O)cc3)N=C2C(F)(F)F)cc1OC. The lowest BCUT2D eigenvalue weighted by molar-refractivity contribution is -0.114. The zero-order valence-corrected chi connectivity index (χ0v) is 17.8. The molecular formula is C21H16F3N3O5S. The van der Waals surface area contributed by atoms with Gasteiger partial charge < -0.3 is 9.47 Å². The molecule has 1 aliphatic rings. The maximum absolute atomic E-state index is 13.6. The number of benzene rings is 2. The Bertz CT molecular complexity index is 1290. The van der Waals surface area contributed by atoms with Gasteiger partial charge in [-0.2, -0.15) is 23.3 Å². The van der Waals surface area contributed by atoms with Crippen LogP contribution in [0.4, 0.5) is 18.9 Å². The average molecular weight is 479 g/mol. The highest BCUT2D eigenvalue weighted by atomic mass is 32.2. The molecule has 1 amide bonds. The second-order valence-corrected chi connectivity index (χ2v) is 8.12.